The molecule has 0 spiro atoms. The first kappa shape index (κ1) is 9.94. The number of hydrogen-bond donors (Lipinski definition) is 0. The molecule has 2 heterocycles. The smallest absolute Gasteiger partial charge is 0.187 e. The van der Waals surface area contributed by atoms with E-state index >= 15 is 0 Å². The summed E-state index contributed by atoms with van der Waals surface area (Å²) >= 11 is 4.91. The summed E-state index contributed by atoms with van der Waals surface area (Å²) in [5.74, 6) is 0. The monoisotopic (exact) mass is 271 g/mol. The topological polar surface area (TPSA) is 39.9 Å². The zero-order valence-corrected chi connectivity index (χ0v) is 10.1. The molecule has 0 aliphatic carbocycles. The SMILES string of the molecule is N#Cc1nc(N2CCCCC2)sc1Br. The molecule has 1 aromatic rings. The molecule has 0 unspecified atom stereocenters. The maximum absolute atomic E-state index is 8.78. The van der Waals surface area contributed by atoms with Gasteiger partial charge in [0.15, 0.2) is 10.8 Å². The van der Waals surface area contributed by atoms with E-state index in [4.69, 9.17) is 5.26 Å². The van der Waals surface area contributed by atoms with E-state index in [1.807, 2.05) is 0 Å². The van der Waals surface area contributed by atoms with Crippen molar-refractivity contribution in [1.29, 1.82) is 5.26 Å². The van der Waals surface area contributed by atoms with Gasteiger partial charge in [0.25, 0.3) is 0 Å². The summed E-state index contributed by atoms with van der Waals surface area (Å²) in [4.78, 5) is 6.55. The van der Waals surface area contributed by atoms with Gasteiger partial charge in [0, 0.05) is 13.1 Å². The molecule has 0 amide bonds. The number of halogens is 1. The van der Waals surface area contributed by atoms with Gasteiger partial charge in [0.1, 0.15) is 9.86 Å². The second kappa shape index (κ2) is 4.28. The number of nitrogens with zero attached hydrogens (tertiary/aromatic N) is 3. The van der Waals surface area contributed by atoms with E-state index in [9.17, 15) is 0 Å². The summed E-state index contributed by atoms with van der Waals surface area (Å²) < 4.78 is 0.848. The summed E-state index contributed by atoms with van der Waals surface area (Å²) in [6, 6.07) is 2.08. The Bertz CT molecular complexity index is 363. The predicted molar refractivity (Wildman–Crippen MR) is 60.6 cm³/mol. The van der Waals surface area contributed by atoms with E-state index < -0.39 is 0 Å². The molecule has 14 heavy (non-hydrogen) atoms. The van der Waals surface area contributed by atoms with Crippen LogP contribution in [-0.2, 0) is 0 Å². The molecule has 5 heteroatoms. The maximum Gasteiger partial charge on any atom is 0.187 e. The quantitative estimate of drug-likeness (QED) is 0.789. The Labute approximate surface area is 95.5 Å². The van der Waals surface area contributed by atoms with Crippen molar-refractivity contribution in [1.82, 2.24) is 4.98 Å². The minimum atomic E-state index is 0.510. The van der Waals surface area contributed by atoms with E-state index in [1.54, 1.807) is 11.3 Å². The average Bonchev–Trinajstić information content (AvgIpc) is 2.61. The first-order valence-electron chi connectivity index (χ1n) is 4.62. The molecule has 1 aromatic heterocycles. The lowest BCUT2D eigenvalue weighted by Crippen LogP contribution is -2.29. The number of thiazole rings is 1. The zero-order valence-electron chi connectivity index (χ0n) is 7.66. The van der Waals surface area contributed by atoms with Gasteiger partial charge >= 0.3 is 0 Å². The summed E-state index contributed by atoms with van der Waals surface area (Å²) in [6.45, 7) is 2.15. The molecule has 1 saturated heterocycles. The van der Waals surface area contributed by atoms with E-state index in [2.05, 4.69) is 31.9 Å². The zero-order chi connectivity index (χ0) is 9.97. The normalized spacial score (nSPS) is 16.7. The molecule has 74 valence electrons. The van der Waals surface area contributed by atoms with Crippen LogP contribution in [0.15, 0.2) is 3.79 Å². The Morgan fingerprint density at radius 1 is 1.36 bits per heavy atom. The highest BCUT2D eigenvalue weighted by atomic mass is 79.9. The fraction of sp³-hybridized carbons (Fsp3) is 0.556. The van der Waals surface area contributed by atoms with Crippen LogP contribution in [-0.4, -0.2) is 18.1 Å². The number of hydrogen-bond acceptors (Lipinski definition) is 4. The second-order valence-corrected chi connectivity index (χ2v) is 5.57. The van der Waals surface area contributed by atoms with Crippen LogP contribution >= 0.6 is 27.3 Å². The highest BCUT2D eigenvalue weighted by molar-refractivity contribution is 9.11. The van der Waals surface area contributed by atoms with Crippen molar-refractivity contribution < 1.29 is 0 Å². The van der Waals surface area contributed by atoms with Gasteiger partial charge in [-0.1, -0.05) is 11.3 Å². The number of anilines is 1. The van der Waals surface area contributed by atoms with Crippen LogP contribution in [0.2, 0.25) is 0 Å². The van der Waals surface area contributed by atoms with Gasteiger partial charge in [-0.15, -0.1) is 0 Å². The van der Waals surface area contributed by atoms with Crippen LogP contribution in [0.3, 0.4) is 0 Å². The van der Waals surface area contributed by atoms with Crippen LogP contribution in [0.25, 0.3) is 0 Å². The Hall–Kier alpha value is -0.600. The highest BCUT2D eigenvalue weighted by Gasteiger charge is 2.16. The van der Waals surface area contributed by atoms with Gasteiger partial charge < -0.3 is 4.90 Å². The summed E-state index contributed by atoms with van der Waals surface area (Å²) in [7, 11) is 0. The van der Waals surface area contributed by atoms with Gasteiger partial charge in [-0.25, -0.2) is 4.98 Å². The molecule has 0 saturated carbocycles. The fourth-order valence-corrected chi connectivity index (χ4v) is 2.99. The van der Waals surface area contributed by atoms with E-state index in [1.165, 1.54) is 19.3 Å². The van der Waals surface area contributed by atoms with Crippen molar-refractivity contribution in [3.05, 3.63) is 9.48 Å². The summed E-state index contributed by atoms with van der Waals surface area (Å²) in [5, 5.41) is 9.76. The second-order valence-electron chi connectivity index (χ2n) is 3.28. The van der Waals surface area contributed by atoms with Crippen LogP contribution in [0.1, 0.15) is 25.0 Å². The molecule has 0 bridgehead atoms. The van der Waals surface area contributed by atoms with E-state index in [0.717, 1.165) is 22.0 Å². The Balaban J connectivity index is 2.19. The van der Waals surface area contributed by atoms with E-state index in [0.29, 0.717) is 5.69 Å². The third-order valence-corrected chi connectivity index (χ3v) is 4.07. The molecule has 3 nitrogen and oxygen atoms in total. The number of rotatable bonds is 1. The first-order valence-corrected chi connectivity index (χ1v) is 6.23. The van der Waals surface area contributed by atoms with Crippen molar-refractivity contribution in [3.63, 3.8) is 0 Å². The lowest BCUT2D eigenvalue weighted by atomic mass is 10.1. The molecule has 1 fully saturated rings. The van der Waals surface area contributed by atoms with Crippen LogP contribution in [0.4, 0.5) is 5.13 Å². The van der Waals surface area contributed by atoms with Gasteiger partial charge in [-0.2, -0.15) is 5.26 Å². The number of aromatic nitrogens is 1. The van der Waals surface area contributed by atoms with Crippen molar-refractivity contribution in [2.75, 3.05) is 18.0 Å². The lowest BCUT2D eigenvalue weighted by molar-refractivity contribution is 0.577. The minimum absolute atomic E-state index is 0.510. The summed E-state index contributed by atoms with van der Waals surface area (Å²) in [5.41, 5.74) is 0.510. The first-order chi connectivity index (χ1) is 6.81. The fourth-order valence-electron chi connectivity index (χ4n) is 1.58. The predicted octanol–water partition coefficient (Wildman–Crippen LogP) is 2.77. The van der Waals surface area contributed by atoms with Crippen molar-refractivity contribution >= 4 is 32.4 Å². The average molecular weight is 272 g/mol. The van der Waals surface area contributed by atoms with Gasteiger partial charge in [0.2, 0.25) is 0 Å². The van der Waals surface area contributed by atoms with Crippen molar-refractivity contribution in [2.45, 2.75) is 19.3 Å². The molecule has 0 N–H and O–H groups in total. The highest BCUT2D eigenvalue weighted by Crippen LogP contribution is 2.31. The molecule has 2 rings (SSSR count). The maximum atomic E-state index is 8.78. The third-order valence-electron chi connectivity index (χ3n) is 2.31. The Morgan fingerprint density at radius 2 is 2.07 bits per heavy atom. The Kier molecular flexibility index (Phi) is 3.04. The molecule has 0 aromatic carbocycles. The van der Waals surface area contributed by atoms with E-state index in [-0.39, 0.29) is 0 Å². The summed E-state index contributed by atoms with van der Waals surface area (Å²) in [6.07, 6.45) is 3.78. The van der Waals surface area contributed by atoms with Crippen molar-refractivity contribution in [2.24, 2.45) is 0 Å². The molecule has 0 radical (unpaired) electrons. The van der Waals surface area contributed by atoms with Crippen molar-refractivity contribution in [3.8, 4) is 6.07 Å². The van der Waals surface area contributed by atoms with Gasteiger partial charge in [-0.05, 0) is 35.2 Å². The molecule has 1 aliphatic rings. The molecular weight excluding hydrogens is 262 g/mol. The van der Waals surface area contributed by atoms with Crippen LogP contribution in [0, 0.1) is 11.3 Å². The van der Waals surface area contributed by atoms with Crippen LogP contribution in [0.5, 0.6) is 0 Å². The van der Waals surface area contributed by atoms with Crippen LogP contribution < -0.4 is 4.90 Å². The molecule has 0 atom stereocenters. The Morgan fingerprint density at radius 3 is 2.64 bits per heavy atom. The van der Waals surface area contributed by atoms with Gasteiger partial charge in [0.05, 0.1) is 0 Å². The van der Waals surface area contributed by atoms with Gasteiger partial charge in [-0.3, -0.25) is 0 Å². The third kappa shape index (κ3) is 1.91. The minimum Gasteiger partial charge on any atom is -0.348 e. The standard InChI is InChI=1S/C9H10BrN3S/c10-8-7(6-11)12-9(14-8)13-4-2-1-3-5-13/h1-5H2. The number of piperidine rings is 1. The molecular formula is C9H10BrN3S. The lowest BCUT2D eigenvalue weighted by Gasteiger charge is -2.25. The molecule has 1 aliphatic heterocycles. The number of nitriles is 1. The largest absolute Gasteiger partial charge is 0.348 e.